The third-order valence-corrected chi connectivity index (χ3v) is 7.83. The summed E-state index contributed by atoms with van der Waals surface area (Å²) >= 11 is 0. The quantitative estimate of drug-likeness (QED) is 0.585. The largest absolute Gasteiger partial charge is 0.494 e. The summed E-state index contributed by atoms with van der Waals surface area (Å²) in [6, 6.07) is 17.4. The second-order valence-corrected chi connectivity index (χ2v) is 10.4. The third-order valence-electron chi connectivity index (χ3n) is 5.91. The number of hydrogen-bond acceptors (Lipinski definition) is 4. The van der Waals surface area contributed by atoms with Crippen molar-refractivity contribution in [1.82, 2.24) is 9.62 Å². The van der Waals surface area contributed by atoms with Crippen LogP contribution in [0.3, 0.4) is 0 Å². The maximum atomic E-state index is 12.9. The van der Waals surface area contributed by atoms with Gasteiger partial charge in [-0.2, -0.15) is 0 Å². The van der Waals surface area contributed by atoms with Gasteiger partial charge >= 0.3 is 0 Å². The Labute approximate surface area is 192 Å². The maximum absolute atomic E-state index is 12.9. The highest BCUT2D eigenvalue weighted by Crippen LogP contribution is 2.23. The van der Waals surface area contributed by atoms with Crippen LogP contribution in [-0.4, -0.2) is 44.1 Å². The molecule has 1 amide bonds. The minimum absolute atomic E-state index is 0.0874. The molecule has 1 aliphatic heterocycles. The highest BCUT2D eigenvalue weighted by Gasteiger charge is 2.32. The first-order valence-electron chi connectivity index (χ1n) is 11.4. The molecule has 0 spiro atoms. The van der Waals surface area contributed by atoms with E-state index in [9.17, 15) is 13.2 Å². The normalized spacial score (nSPS) is 18.1. The Morgan fingerprint density at radius 1 is 1.16 bits per heavy atom. The zero-order valence-electron chi connectivity index (χ0n) is 19.0. The molecule has 1 heterocycles. The molecule has 1 N–H and O–H groups in total. The zero-order chi connectivity index (χ0) is 23.0. The number of hydrogen-bond donors (Lipinski definition) is 1. The van der Waals surface area contributed by atoms with Gasteiger partial charge < -0.3 is 10.1 Å². The lowest BCUT2D eigenvalue weighted by Crippen LogP contribution is -2.46. The van der Waals surface area contributed by atoms with Crippen LogP contribution >= 0.6 is 0 Å². The van der Waals surface area contributed by atoms with Crippen molar-refractivity contribution < 1.29 is 17.9 Å². The summed E-state index contributed by atoms with van der Waals surface area (Å²) in [6.45, 7) is 5.24. The Morgan fingerprint density at radius 2 is 1.88 bits per heavy atom. The van der Waals surface area contributed by atoms with Crippen LogP contribution in [0, 0.1) is 5.92 Å². The van der Waals surface area contributed by atoms with Crippen LogP contribution in [-0.2, 0) is 21.2 Å². The minimum Gasteiger partial charge on any atom is -0.494 e. The molecule has 0 saturated carbocycles. The number of carbonyl (C=O) groups excluding carboxylic acids is 1. The molecule has 3 rings (SSSR count). The number of ether oxygens (including phenoxy) is 1. The molecule has 2 aromatic rings. The molecule has 1 saturated heterocycles. The van der Waals surface area contributed by atoms with Crippen LogP contribution < -0.4 is 10.1 Å². The van der Waals surface area contributed by atoms with Crippen molar-refractivity contribution in [1.29, 1.82) is 0 Å². The summed E-state index contributed by atoms with van der Waals surface area (Å²) < 4.78 is 32.7. The predicted octanol–water partition coefficient (Wildman–Crippen LogP) is 3.94. The maximum Gasteiger partial charge on any atom is 0.224 e. The van der Waals surface area contributed by atoms with E-state index in [4.69, 9.17) is 4.74 Å². The minimum atomic E-state index is -3.37. The van der Waals surface area contributed by atoms with Gasteiger partial charge in [0.2, 0.25) is 15.9 Å². The van der Waals surface area contributed by atoms with Crippen molar-refractivity contribution in [2.75, 3.05) is 25.4 Å². The first kappa shape index (κ1) is 24.3. The average molecular weight is 459 g/mol. The molecule has 2 atom stereocenters. The number of aryl methyl sites for hydroxylation is 1. The number of piperidine rings is 1. The number of nitrogens with one attached hydrogen (secondary N) is 1. The standard InChI is InChI=1S/C25H34N2O4S/c1-3-31-24-15-13-22(14-16-24)20(2)26-25(28)23-12-7-17-27(19-23)32(29,30)18-8-11-21-9-5-4-6-10-21/h4-6,9-10,13-16,20,23H,3,7-8,11-12,17-19H2,1-2H3,(H,26,28). The van der Waals surface area contributed by atoms with Crippen molar-refractivity contribution in [3.8, 4) is 5.75 Å². The lowest BCUT2D eigenvalue weighted by atomic mass is 9.98. The molecule has 2 unspecified atom stereocenters. The number of nitrogens with zero attached hydrogens (tertiary/aromatic N) is 1. The van der Waals surface area contributed by atoms with Gasteiger partial charge in [0.15, 0.2) is 0 Å². The van der Waals surface area contributed by atoms with Crippen LogP contribution in [0.15, 0.2) is 54.6 Å². The molecule has 0 radical (unpaired) electrons. The fourth-order valence-corrected chi connectivity index (χ4v) is 5.66. The molecular weight excluding hydrogens is 424 g/mol. The van der Waals surface area contributed by atoms with Crippen LogP contribution in [0.5, 0.6) is 5.75 Å². The third kappa shape index (κ3) is 6.81. The lowest BCUT2D eigenvalue weighted by molar-refractivity contribution is -0.126. The van der Waals surface area contributed by atoms with Crippen molar-refractivity contribution in [2.24, 2.45) is 5.92 Å². The second-order valence-electron chi connectivity index (χ2n) is 8.33. The Hall–Kier alpha value is -2.38. The molecule has 2 aromatic carbocycles. The van der Waals surface area contributed by atoms with E-state index in [1.54, 1.807) is 0 Å². The van der Waals surface area contributed by atoms with E-state index >= 15 is 0 Å². The van der Waals surface area contributed by atoms with Crippen LogP contribution in [0.1, 0.15) is 50.3 Å². The summed E-state index contributed by atoms with van der Waals surface area (Å²) in [5, 5.41) is 3.05. The van der Waals surface area contributed by atoms with Crippen LogP contribution in [0.4, 0.5) is 0 Å². The molecule has 32 heavy (non-hydrogen) atoms. The fourth-order valence-electron chi connectivity index (χ4n) is 4.08. The van der Waals surface area contributed by atoms with Gasteiger partial charge in [-0.05, 0) is 62.8 Å². The van der Waals surface area contributed by atoms with E-state index in [0.29, 0.717) is 32.4 Å². The Morgan fingerprint density at radius 3 is 2.56 bits per heavy atom. The zero-order valence-corrected chi connectivity index (χ0v) is 19.8. The summed E-state index contributed by atoms with van der Waals surface area (Å²) in [5.41, 5.74) is 2.13. The van der Waals surface area contributed by atoms with Crippen LogP contribution in [0.25, 0.3) is 0 Å². The van der Waals surface area contributed by atoms with Gasteiger partial charge in [0.25, 0.3) is 0 Å². The predicted molar refractivity (Wildman–Crippen MR) is 127 cm³/mol. The molecule has 1 aliphatic rings. The van der Waals surface area contributed by atoms with Gasteiger partial charge in [-0.15, -0.1) is 0 Å². The van der Waals surface area contributed by atoms with E-state index in [0.717, 1.165) is 23.3 Å². The Balaban J connectivity index is 1.51. The first-order chi connectivity index (χ1) is 15.4. The molecule has 174 valence electrons. The van der Waals surface area contributed by atoms with Gasteiger partial charge in [0, 0.05) is 13.1 Å². The van der Waals surface area contributed by atoms with Crippen molar-refractivity contribution in [3.05, 3.63) is 65.7 Å². The number of carbonyl (C=O) groups is 1. The summed E-state index contributed by atoms with van der Waals surface area (Å²) in [6.07, 6.45) is 2.72. The van der Waals surface area contributed by atoms with Crippen molar-refractivity contribution in [2.45, 2.75) is 45.6 Å². The Bertz CT molecular complexity index is 961. The monoisotopic (exact) mass is 458 g/mol. The van der Waals surface area contributed by atoms with E-state index in [2.05, 4.69) is 5.32 Å². The van der Waals surface area contributed by atoms with Crippen LogP contribution in [0.2, 0.25) is 0 Å². The van der Waals surface area contributed by atoms with Gasteiger partial charge in [0.1, 0.15) is 5.75 Å². The van der Waals surface area contributed by atoms with Gasteiger partial charge in [-0.3, -0.25) is 4.79 Å². The van der Waals surface area contributed by atoms with Gasteiger partial charge in [0.05, 0.1) is 24.3 Å². The molecule has 7 heteroatoms. The van der Waals surface area contributed by atoms with E-state index in [1.807, 2.05) is 68.4 Å². The summed E-state index contributed by atoms with van der Waals surface area (Å²) in [7, 11) is -3.37. The molecule has 0 aromatic heterocycles. The molecule has 0 bridgehead atoms. The highest BCUT2D eigenvalue weighted by molar-refractivity contribution is 7.89. The average Bonchev–Trinajstić information content (AvgIpc) is 2.80. The first-order valence-corrected chi connectivity index (χ1v) is 13.0. The highest BCUT2D eigenvalue weighted by atomic mass is 32.2. The number of rotatable bonds is 10. The van der Waals surface area contributed by atoms with E-state index in [-0.39, 0.29) is 30.2 Å². The SMILES string of the molecule is CCOc1ccc(C(C)NC(=O)C2CCCN(S(=O)(=O)CCCc3ccccc3)C2)cc1. The van der Waals surface area contributed by atoms with Gasteiger partial charge in [-0.25, -0.2) is 12.7 Å². The number of benzene rings is 2. The smallest absolute Gasteiger partial charge is 0.224 e. The summed E-state index contributed by atoms with van der Waals surface area (Å²) in [4.78, 5) is 12.9. The van der Waals surface area contributed by atoms with E-state index < -0.39 is 10.0 Å². The van der Waals surface area contributed by atoms with E-state index in [1.165, 1.54) is 4.31 Å². The fraction of sp³-hybridized carbons (Fsp3) is 0.480. The second kappa shape index (κ2) is 11.5. The lowest BCUT2D eigenvalue weighted by Gasteiger charge is -2.32. The molecular formula is C25H34N2O4S. The molecule has 6 nitrogen and oxygen atoms in total. The molecule has 0 aliphatic carbocycles. The Kier molecular flexibility index (Phi) is 8.70. The molecule has 1 fully saturated rings. The van der Waals surface area contributed by atoms with Crippen molar-refractivity contribution in [3.63, 3.8) is 0 Å². The van der Waals surface area contributed by atoms with Gasteiger partial charge in [-0.1, -0.05) is 42.5 Å². The number of sulfonamides is 1. The summed E-state index contributed by atoms with van der Waals surface area (Å²) in [5.74, 6) is 0.502. The van der Waals surface area contributed by atoms with Crippen molar-refractivity contribution >= 4 is 15.9 Å². The topological polar surface area (TPSA) is 75.7 Å². The number of amides is 1.